The van der Waals surface area contributed by atoms with E-state index >= 15 is 0 Å². The van der Waals surface area contributed by atoms with Gasteiger partial charge in [0, 0.05) is 11.9 Å². The Balaban J connectivity index is 2.17. The fraction of sp³-hybridized carbons (Fsp3) is 0.267. The molecule has 0 saturated heterocycles. The van der Waals surface area contributed by atoms with Crippen LogP contribution >= 0.6 is 0 Å². The van der Waals surface area contributed by atoms with E-state index < -0.39 is 0 Å². The Morgan fingerprint density at radius 1 is 1.25 bits per heavy atom. The third-order valence-electron chi connectivity index (χ3n) is 2.76. The molecule has 5 nitrogen and oxygen atoms in total. The number of hydrogen-bond acceptors (Lipinski definition) is 5. The summed E-state index contributed by atoms with van der Waals surface area (Å²) in [6.45, 7) is 5.95. The zero-order valence-electron chi connectivity index (χ0n) is 11.8. The van der Waals surface area contributed by atoms with Crippen LogP contribution in [0, 0.1) is 13.8 Å². The number of hydrogen-bond donors (Lipinski definition) is 1. The highest BCUT2D eigenvalue weighted by atomic mass is 16.5. The number of pyridine rings is 2. The molecule has 0 aliphatic rings. The first-order valence-electron chi connectivity index (χ1n) is 6.43. The summed E-state index contributed by atoms with van der Waals surface area (Å²) in [5.41, 5.74) is 3.14. The summed E-state index contributed by atoms with van der Waals surface area (Å²) in [5.74, 6) is 0.343. The largest absolute Gasteiger partial charge is 0.462 e. The van der Waals surface area contributed by atoms with Crippen molar-refractivity contribution in [3.63, 3.8) is 0 Å². The average Bonchev–Trinajstić information content (AvgIpc) is 2.43. The number of anilines is 2. The van der Waals surface area contributed by atoms with Crippen LogP contribution in [0.2, 0.25) is 0 Å². The molecule has 1 N–H and O–H groups in total. The SMILES string of the molecule is CCOC(=O)c1cnc(Nc2ccc(C)nc2)c(C)c1. The van der Waals surface area contributed by atoms with Crippen molar-refractivity contribution in [2.75, 3.05) is 11.9 Å². The molecule has 0 amide bonds. The van der Waals surface area contributed by atoms with Crippen LogP contribution in [0.4, 0.5) is 11.5 Å². The molecule has 0 aliphatic heterocycles. The van der Waals surface area contributed by atoms with Crippen LogP contribution in [0.15, 0.2) is 30.6 Å². The van der Waals surface area contributed by atoms with Gasteiger partial charge in [0.2, 0.25) is 0 Å². The number of nitrogens with one attached hydrogen (secondary N) is 1. The molecule has 2 heterocycles. The lowest BCUT2D eigenvalue weighted by Gasteiger charge is -2.09. The molecule has 104 valence electrons. The molecular formula is C15H17N3O2. The Morgan fingerprint density at radius 3 is 2.65 bits per heavy atom. The molecular weight excluding hydrogens is 254 g/mol. The molecule has 2 aromatic heterocycles. The van der Waals surface area contributed by atoms with Crippen molar-refractivity contribution in [2.24, 2.45) is 0 Å². The number of aryl methyl sites for hydroxylation is 2. The predicted octanol–water partition coefficient (Wildman–Crippen LogP) is 3.01. The first-order valence-corrected chi connectivity index (χ1v) is 6.43. The number of ether oxygens (including phenoxy) is 1. The molecule has 0 spiro atoms. The van der Waals surface area contributed by atoms with Crippen molar-refractivity contribution in [3.8, 4) is 0 Å². The normalized spacial score (nSPS) is 10.2. The van der Waals surface area contributed by atoms with E-state index in [0.29, 0.717) is 18.0 Å². The average molecular weight is 271 g/mol. The van der Waals surface area contributed by atoms with Gasteiger partial charge in [0.05, 0.1) is 24.1 Å². The van der Waals surface area contributed by atoms with Crippen molar-refractivity contribution < 1.29 is 9.53 Å². The quantitative estimate of drug-likeness (QED) is 0.866. The van der Waals surface area contributed by atoms with Crippen LogP contribution in [0.25, 0.3) is 0 Å². The number of esters is 1. The molecule has 5 heteroatoms. The van der Waals surface area contributed by atoms with E-state index in [2.05, 4.69) is 15.3 Å². The van der Waals surface area contributed by atoms with E-state index in [0.717, 1.165) is 16.9 Å². The van der Waals surface area contributed by atoms with Crippen molar-refractivity contribution >= 4 is 17.5 Å². The minimum absolute atomic E-state index is 0.354. The third-order valence-corrected chi connectivity index (χ3v) is 2.76. The molecule has 2 aromatic rings. The minimum Gasteiger partial charge on any atom is -0.462 e. The van der Waals surface area contributed by atoms with Crippen LogP contribution in [0.3, 0.4) is 0 Å². The summed E-state index contributed by atoms with van der Waals surface area (Å²) in [4.78, 5) is 20.1. The van der Waals surface area contributed by atoms with Crippen LogP contribution in [0.1, 0.15) is 28.5 Å². The topological polar surface area (TPSA) is 64.1 Å². The van der Waals surface area contributed by atoms with Crippen LogP contribution < -0.4 is 5.32 Å². The maximum absolute atomic E-state index is 11.6. The van der Waals surface area contributed by atoms with Gasteiger partial charge in [-0.15, -0.1) is 0 Å². The first-order chi connectivity index (χ1) is 9.60. The van der Waals surface area contributed by atoms with Gasteiger partial charge in [0.15, 0.2) is 0 Å². The summed E-state index contributed by atoms with van der Waals surface area (Å²) in [5, 5.41) is 3.17. The fourth-order valence-corrected chi connectivity index (χ4v) is 1.71. The smallest absolute Gasteiger partial charge is 0.339 e. The van der Waals surface area contributed by atoms with Crippen molar-refractivity contribution in [2.45, 2.75) is 20.8 Å². The number of carbonyl (C=O) groups excluding carboxylic acids is 1. The number of aromatic nitrogens is 2. The monoisotopic (exact) mass is 271 g/mol. The van der Waals surface area contributed by atoms with Gasteiger partial charge in [-0.3, -0.25) is 4.98 Å². The second-order valence-electron chi connectivity index (χ2n) is 4.42. The first kappa shape index (κ1) is 14.0. The van der Waals surface area contributed by atoms with Gasteiger partial charge in [-0.25, -0.2) is 9.78 Å². The fourth-order valence-electron chi connectivity index (χ4n) is 1.71. The van der Waals surface area contributed by atoms with E-state index in [-0.39, 0.29) is 5.97 Å². The second-order valence-corrected chi connectivity index (χ2v) is 4.42. The number of nitrogens with zero attached hydrogens (tertiary/aromatic N) is 2. The number of carbonyl (C=O) groups is 1. The maximum atomic E-state index is 11.6. The number of rotatable bonds is 4. The summed E-state index contributed by atoms with van der Waals surface area (Å²) >= 11 is 0. The second kappa shape index (κ2) is 6.14. The third kappa shape index (κ3) is 3.32. The Hall–Kier alpha value is -2.43. The summed E-state index contributed by atoms with van der Waals surface area (Å²) < 4.78 is 4.94. The van der Waals surface area contributed by atoms with Crippen molar-refractivity contribution in [1.29, 1.82) is 0 Å². The Morgan fingerprint density at radius 2 is 2.05 bits per heavy atom. The Kier molecular flexibility index (Phi) is 4.30. The molecule has 0 aromatic carbocycles. The predicted molar refractivity (Wildman–Crippen MR) is 77.2 cm³/mol. The van der Waals surface area contributed by atoms with E-state index in [1.165, 1.54) is 6.20 Å². The van der Waals surface area contributed by atoms with E-state index in [1.807, 2.05) is 26.0 Å². The lowest BCUT2D eigenvalue weighted by molar-refractivity contribution is 0.0526. The standard InChI is InChI=1S/C15H17N3O2/c1-4-20-15(19)12-7-10(2)14(17-8-12)18-13-6-5-11(3)16-9-13/h5-9H,4H2,1-3H3,(H,17,18). The minimum atomic E-state index is -0.355. The van der Waals surface area contributed by atoms with E-state index in [9.17, 15) is 4.79 Å². The lowest BCUT2D eigenvalue weighted by Crippen LogP contribution is -2.07. The van der Waals surface area contributed by atoms with Gasteiger partial charge in [0.1, 0.15) is 5.82 Å². The van der Waals surface area contributed by atoms with Gasteiger partial charge >= 0.3 is 5.97 Å². The van der Waals surface area contributed by atoms with Crippen LogP contribution in [-0.4, -0.2) is 22.5 Å². The molecule has 0 saturated carbocycles. The molecule has 20 heavy (non-hydrogen) atoms. The van der Waals surface area contributed by atoms with Crippen molar-refractivity contribution in [3.05, 3.63) is 47.4 Å². The molecule has 2 rings (SSSR count). The Bertz CT molecular complexity index is 609. The lowest BCUT2D eigenvalue weighted by atomic mass is 10.2. The highest BCUT2D eigenvalue weighted by Gasteiger charge is 2.09. The van der Waals surface area contributed by atoms with Crippen LogP contribution in [-0.2, 0) is 4.74 Å². The molecule has 0 atom stereocenters. The highest BCUT2D eigenvalue weighted by molar-refractivity contribution is 5.89. The molecule has 0 aliphatic carbocycles. The van der Waals surface area contributed by atoms with Crippen molar-refractivity contribution in [1.82, 2.24) is 9.97 Å². The Labute approximate surface area is 118 Å². The summed E-state index contributed by atoms with van der Waals surface area (Å²) in [7, 11) is 0. The maximum Gasteiger partial charge on any atom is 0.339 e. The van der Waals surface area contributed by atoms with Gasteiger partial charge in [0.25, 0.3) is 0 Å². The molecule has 0 radical (unpaired) electrons. The van der Waals surface area contributed by atoms with E-state index in [1.54, 1.807) is 19.2 Å². The van der Waals surface area contributed by atoms with Gasteiger partial charge in [-0.05, 0) is 44.5 Å². The van der Waals surface area contributed by atoms with Gasteiger partial charge in [-0.2, -0.15) is 0 Å². The zero-order chi connectivity index (χ0) is 14.5. The van der Waals surface area contributed by atoms with Gasteiger partial charge < -0.3 is 10.1 Å². The molecule has 0 unspecified atom stereocenters. The van der Waals surface area contributed by atoms with E-state index in [4.69, 9.17) is 4.74 Å². The zero-order valence-corrected chi connectivity index (χ0v) is 11.8. The molecule has 0 bridgehead atoms. The van der Waals surface area contributed by atoms with Crippen LogP contribution in [0.5, 0.6) is 0 Å². The molecule has 0 fully saturated rings. The summed E-state index contributed by atoms with van der Waals surface area (Å²) in [6.07, 6.45) is 3.25. The summed E-state index contributed by atoms with van der Waals surface area (Å²) in [6, 6.07) is 5.61. The highest BCUT2D eigenvalue weighted by Crippen LogP contribution is 2.18. The van der Waals surface area contributed by atoms with Gasteiger partial charge in [-0.1, -0.05) is 0 Å².